The van der Waals surface area contributed by atoms with Crippen LogP contribution in [0, 0.1) is 0 Å². The summed E-state index contributed by atoms with van der Waals surface area (Å²) in [7, 11) is 0. The molecule has 0 bridgehead atoms. The van der Waals surface area contributed by atoms with Crippen molar-refractivity contribution in [3.63, 3.8) is 0 Å². The number of piperidine rings is 1. The van der Waals surface area contributed by atoms with E-state index >= 15 is 0 Å². The molecule has 2 aliphatic heterocycles. The summed E-state index contributed by atoms with van der Waals surface area (Å²) in [5.41, 5.74) is 0.640. The number of halogens is 1. The Morgan fingerprint density at radius 2 is 2.02 bits per heavy atom. The van der Waals surface area contributed by atoms with E-state index < -0.39 is 23.4 Å². The van der Waals surface area contributed by atoms with Gasteiger partial charge in [0.05, 0.1) is 12.1 Å². The van der Waals surface area contributed by atoms with Crippen LogP contribution < -0.4 is 10.1 Å². The minimum absolute atomic E-state index is 0.00897. The van der Waals surface area contributed by atoms with Gasteiger partial charge in [-0.05, 0) is 82.7 Å². The molecule has 8 nitrogen and oxygen atoms in total. The molecule has 224 valence electrons. The molecule has 1 aromatic carbocycles. The molecule has 2 aliphatic carbocycles. The Balaban J connectivity index is 1.32. The average Bonchev–Trinajstić information content (AvgIpc) is 3.15. The second-order valence-electron chi connectivity index (χ2n) is 11.9. The van der Waals surface area contributed by atoms with Crippen molar-refractivity contribution in [1.29, 1.82) is 0 Å². The van der Waals surface area contributed by atoms with Gasteiger partial charge in [0.15, 0.2) is 0 Å². The molecule has 1 spiro atoms. The van der Waals surface area contributed by atoms with Gasteiger partial charge >= 0.3 is 6.03 Å². The number of hydrogen-bond donors (Lipinski definition) is 1. The second-order valence-corrected chi connectivity index (χ2v) is 11.9. The molecular formula is C33H41FN4O4. The number of carbonyl (C=O) groups excluding carboxylic acids is 3. The lowest BCUT2D eigenvalue weighted by Crippen LogP contribution is -2.61. The van der Waals surface area contributed by atoms with E-state index in [-0.39, 0.29) is 37.0 Å². The Labute approximate surface area is 247 Å². The topological polar surface area (TPSA) is 82.2 Å². The first-order chi connectivity index (χ1) is 20.2. The standard InChI is InChI=1S/C33H41FN4O4/c1-23(2)42-29-14-7-9-25(19-29)22-36-17-15-33(21-24(36)3)31(40)37(18-16-35-30(39)26-10-5-4-6-11-26)32(41)38(33)28-13-8-12-27(34)20-28/h5,7-12,14,19-20,23-24,28H,4,6,13,15-18,21-22H2,1-3H3,(H,35,39)/t24-,28?,33+/m0/s1. The van der Waals surface area contributed by atoms with Crippen molar-refractivity contribution in [1.82, 2.24) is 20.0 Å². The number of imide groups is 1. The number of amides is 4. The monoisotopic (exact) mass is 576 g/mol. The third-order valence-electron chi connectivity index (χ3n) is 8.48. The van der Waals surface area contributed by atoms with Crippen LogP contribution in [0.15, 0.2) is 72.1 Å². The summed E-state index contributed by atoms with van der Waals surface area (Å²) in [5, 5.41) is 2.85. The molecule has 3 atom stereocenters. The zero-order chi connectivity index (χ0) is 29.9. The van der Waals surface area contributed by atoms with Gasteiger partial charge < -0.3 is 15.0 Å². The number of urea groups is 1. The smallest absolute Gasteiger partial charge is 0.328 e. The van der Waals surface area contributed by atoms with Gasteiger partial charge in [-0.25, -0.2) is 9.18 Å². The van der Waals surface area contributed by atoms with Crippen molar-refractivity contribution in [3.8, 4) is 5.75 Å². The molecule has 0 saturated carbocycles. The van der Waals surface area contributed by atoms with E-state index in [0.717, 1.165) is 24.2 Å². The number of carbonyl (C=O) groups is 3. The molecular weight excluding hydrogens is 535 g/mol. The highest BCUT2D eigenvalue weighted by Crippen LogP contribution is 2.42. The fourth-order valence-electron chi connectivity index (χ4n) is 6.52. The van der Waals surface area contributed by atoms with Crippen molar-refractivity contribution >= 4 is 17.8 Å². The summed E-state index contributed by atoms with van der Waals surface area (Å²) in [6.07, 6.45) is 13.3. The van der Waals surface area contributed by atoms with Gasteiger partial charge in [0.2, 0.25) is 0 Å². The normalized spacial score (nSPS) is 26.2. The molecule has 42 heavy (non-hydrogen) atoms. The van der Waals surface area contributed by atoms with Crippen LogP contribution in [0.2, 0.25) is 0 Å². The minimum atomic E-state index is -1.07. The third kappa shape index (κ3) is 6.21. The van der Waals surface area contributed by atoms with E-state index in [9.17, 15) is 18.8 Å². The Morgan fingerprint density at radius 3 is 2.74 bits per heavy atom. The first kappa shape index (κ1) is 29.8. The molecule has 9 heteroatoms. The van der Waals surface area contributed by atoms with E-state index in [1.807, 2.05) is 44.2 Å². The highest BCUT2D eigenvalue weighted by atomic mass is 19.1. The van der Waals surface area contributed by atoms with Crippen LogP contribution in [0.3, 0.4) is 0 Å². The zero-order valence-electron chi connectivity index (χ0n) is 24.7. The molecule has 2 saturated heterocycles. The number of nitrogens with one attached hydrogen (secondary N) is 1. The third-order valence-corrected chi connectivity index (χ3v) is 8.48. The summed E-state index contributed by atoms with van der Waals surface area (Å²) in [5.74, 6) is -0.0659. The maximum Gasteiger partial charge on any atom is 0.328 e. The highest BCUT2D eigenvalue weighted by Gasteiger charge is 2.60. The molecule has 4 amide bonds. The molecule has 0 aromatic heterocycles. The van der Waals surface area contributed by atoms with Crippen LogP contribution in [0.1, 0.15) is 58.4 Å². The average molecular weight is 577 g/mol. The summed E-state index contributed by atoms with van der Waals surface area (Å²) in [6, 6.07) is 7.07. The number of benzene rings is 1. The van der Waals surface area contributed by atoms with Gasteiger partial charge in [-0.15, -0.1) is 0 Å². The number of ether oxygens (including phenoxy) is 1. The summed E-state index contributed by atoms with van der Waals surface area (Å²) >= 11 is 0. The van der Waals surface area contributed by atoms with Crippen molar-refractivity contribution in [2.75, 3.05) is 19.6 Å². The van der Waals surface area contributed by atoms with Crippen LogP contribution in [0.25, 0.3) is 0 Å². The number of allylic oxidation sites excluding steroid dienone is 4. The van der Waals surface area contributed by atoms with Gasteiger partial charge in [0.25, 0.3) is 11.8 Å². The molecule has 0 radical (unpaired) electrons. The Bertz CT molecular complexity index is 1330. The summed E-state index contributed by atoms with van der Waals surface area (Å²) in [6.45, 7) is 7.58. The number of nitrogens with zero attached hydrogens (tertiary/aromatic N) is 3. The van der Waals surface area contributed by atoms with Crippen molar-refractivity contribution in [2.24, 2.45) is 0 Å². The number of likely N-dealkylation sites (tertiary alicyclic amines) is 1. The number of rotatable bonds is 9. The lowest BCUT2D eigenvalue weighted by atomic mass is 9.80. The van der Waals surface area contributed by atoms with E-state index in [0.29, 0.717) is 37.9 Å². The van der Waals surface area contributed by atoms with Crippen LogP contribution in [0.5, 0.6) is 5.75 Å². The summed E-state index contributed by atoms with van der Waals surface area (Å²) in [4.78, 5) is 45.8. The first-order valence-electron chi connectivity index (χ1n) is 15.0. The minimum Gasteiger partial charge on any atom is -0.491 e. The zero-order valence-corrected chi connectivity index (χ0v) is 24.7. The largest absolute Gasteiger partial charge is 0.491 e. The predicted molar refractivity (Wildman–Crippen MR) is 159 cm³/mol. The molecule has 2 fully saturated rings. The maximum atomic E-state index is 14.4. The maximum absolute atomic E-state index is 14.4. The Morgan fingerprint density at radius 1 is 1.19 bits per heavy atom. The van der Waals surface area contributed by atoms with Gasteiger partial charge in [-0.2, -0.15) is 0 Å². The van der Waals surface area contributed by atoms with Crippen LogP contribution in [0.4, 0.5) is 9.18 Å². The van der Waals surface area contributed by atoms with Gasteiger partial charge in [0.1, 0.15) is 17.1 Å². The van der Waals surface area contributed by atoms with Crippen molar-refractivity contribution in [2.45, 2.75) is 83.1 Å². The van der Waals surface area contributed by atoms with Crippen LogP contribution in [-0.2, 0) is 16.1 Å². The Hall–Kier alpha value is -3.72. The molecule has 1 aromatic rings. The quantitative estimate of drug-likeness (QED) is 0.417. The highest BCUT2D eigenvalue weighted by molar-refractivity contribution is 6.07. The van der Waals surface area contributed by atoms with Crippen LogP contribution in [-0.4, -0.2) is 75.9 Å². The lowest BCUT2D eigenvalue weighted by molar-refractivity contribution is -0.137. The van der Waals surface area contributed by atoms with Crippen molar-refractivity contribution in [3.05, 3.63) is 77.7 Å². The van der Waals surface area contributed by atoms with E-state index in [1.54, 1.807) is 17.1 Å². The van der Waals surface area contributed by atoms with E-state index in [2.05, 4.69) is 23.2 Å². The van der Waals surface area contributed by atoms with E-state index in [1.165, 1.54) is 17.1 Å². The predicted octanol–water partition coefficient (Wildman–Crippen LogP) is 5.04. The fourth-order valence-corrected chi connectivity index (χ4v) is 6.52. The van der Waals surface area contributed by atoms with Crippen molar-refractivity contribution < 1.29 is 23.5 Å². The SMILES string of the molecule is CC(C)Oc1cccc(CN2CC[C@@]3(C[C@@H]2C)C(=O)N(CCNC(=O)C2=CCCC=C2)C(=O)N3C2C=C(F)C=CC2)c1. The van der Waals surface area contributed by atoms with E-state index in [4.69, 9.17) is 4.74 Å². The van der Waals surface area contributed by atoms with Crippen LogP contribution >= 0.6 is 0 Å². The lowest BCUT2D eigenvalue weighted by Gasteiger charge is -2.47. The molecule has 4 aliphatic rings. The fraction of sp³-hybridized carbons (Fsp3) is 0.485. The summed E-state index contributed by atoms with van der Waals surface area (Å²) < 4.78 is 20.3. The van der Waals surface area contributed by atoms with Gasteiger partial charge in [-0.1, -0.05) is 36.4 Å². The number of hydrogen-bond acceptors (Lipinski definition) is 5. The Kier molecular flexibility index (Phi) is 8.96. The molecule has 1 unspecified atom stereocenters. The first-order valence-corrected chi connectivity index (χ1v) is 15.0. The second kappa shape index (κ2) is 12.7. The molecule has 2 heterocycles. The van der Waals surface area contributed by atoms with Gasteiger partial charge in [-0.3, -0.25) is 19.4 Å². The van der Waals surface area contributed by atoms with Gasteiger partial charge in [0, 0.05) is 37.8 Å². The molecule has 5 rings (SSSR count). The molecule has 1 N–H and O–H groups in total.